The molecule has 126 valence electrons. The average Bonchev–Trinajstić information content (AvgIpc) is 2.59. The molecule has 0 saturated carbocycles. The zero-order valence-corrected chi connectivity index (χ0v) is 14.1. The van der Waals surface area contributed by atoms with Crippen molar-refractivity contribution >= 4 is 11.8 Å². The van der Waals surface area contributed by atoms with Crippen LogP contribution in [0.4, 0.5) is 0 Å². The fourth-order valence-corrected chi connectivity index (χ4v) is 3.05. The van der Waals surface area contributed by atoms with Crippen molar-refractivity contribution in [1.29, 1.82) is 0 Å². The first-order valence-electron chi connectivity index (χ1n) is 8.77. The van der Waals surface area contributed by atoms with E-state index in [-0.39, 0.29) is 18.4 Å². The van der Waals surface area contributed by atoms with Crippen molar-refractivity contribution < 1.29 is 9.59 Å². The van der Waals surface area contributed by atoms with Gasteiger partial charge in [0.05, 0.1) is 6.54 Å². The van der Waals surface area contributed by atoms with Crippen LogP contribution in [-0.4, -0.2) is 36.3 Å². The van der Waals surface area contributed by atoms with Gasteiger partial charge in [0.2, 0.25) is 11.8 Å². The SMILES string of the molecule is CCCCC(=O)NCC(=O)N1CCC(Cc2ccccc2)CC1. The van der Waals surface area contributed by atoms with Crippen LogP contribution in [0.3, 0.4) is 0 Å². The molecule has 0 spiro atoms. The predicted molar refractivity (Wildman–Crippen MR) is 92.0 cm³/mol. The van der Waals surface area contributed by atoms with Gasteiger partial charge < -0.3 is 10.2 Å². The summed E-state index contributed by atoms with van der Waals surface area (Å²) in [6, 6.07) is 10.5. The number of nitrogens with one attached hydrogen (secondary N) is 1. The molecule has 2 rings (SSSR count). The van der Waals surface area contributed by atoms with Crippen LogP contribution in [0.1, 0.15) is 44.6 Å². The van der Waals surface area contributed by atoms with E-state index in [2.05, 4.69) is 36.5 Å². The summed E-state index contributed by atoms with van der Waals surface area (Å²) in [6.07, 6.45) is 5.58. The Balaban J connectivity index is 1.67. The van der Waals surface area contributed by atoms with Gasteiger partial charge in [0.1, 0.15) is 0 Å². The molecule has 1 aromatic rings. The molecule has 0 radical (unpaired) electrons. The number of piperidine rings is 1. The number of carbonyl (C=O) groups is 2. The van der Waals surface area contributed by atoms with Gasteiger partial charge in [-0.15, -0.1) is 0 Å². The zero-order chi connectivity index (χ0) is 16.5. The molecule has 0 atom stereocenters. The third-order valence-corrected chi connectivity index (χ3v) is 4.53. The Morgan fingerprint density at radius 1 is 1.17 bits per heavy atom. The van der Waals surface area contributed by atoms with Crippen LogP contribution in [0.15, 0.2) is 30.3 Å². The van der Waals surface area contributed by atoms with Gasteiger partial charge >= 0.3 is 0 Å². The third kappa shape index (κ3) is 6.05. The number of nitrogens with zero attached hydrogens (tertiary/aromatic N) is 1. The van der Waals surface area contributed by atoms with E-state index in [1.165, 1.54) is 5.56 Å². The monoisotopic (exact) mass is 316 g/mol. The van der Waals surface area contributed by atoms with E-state index in [1.54, 1.807) is 0 Å². The minimum absolute atomic E-state index is 0.0147. The van der Waals surface area contributed by atoms with Gasteiger partial charge in [-0.2, -0.15) is 0 Å². The predicted octanol–water partition coefficient (Wildman–Crippen LogP) is 2.77. The summed E-state index contributed by atoms with van der Waals surface area (Å²) in [4.78, 5) is 25.6. The Morgan fingerprint density at radius 2 is 1.87 bits per heavy atom. The number of carbonyl (C=O) groups excluding carboxylic acids is 2. The van der Waals surface area contributed by atoms with Crippen molar-refractivity contribution in [3.63, 3.8) is 0 Å². The number of rotatable bonds is 7. The van der Waals surface area contributed by atoms with Gasteiger partial charge in [0, 0.05) is 19.5 Å². The highest BCUT2D eigenvalue weighted by Gasteiger charge is 2.22. The zero-order valence-electron chi connectivity index (χ0n) is 14.1. The van der Waals surface area contributed by atoms with Crippen LogP contribution in [0.5, 0.6) is 0 Å². The Morgan fingerprint density at radius 3 is 2.52 bits per heavy atom. The number of hydrogen-bond donors (Lipinski definition) is 1. The normalized spacial score (nSPS) is 15.4. The molecule has 4 nitrogen and oxygen atoms in total. The lowest BCUT2D eigenvalue weighted by molar-refractivity contribution is -0.134. The molecular weight excluding hydrogens is 288 g/mol. The lowest BCUT2D eigenvalue weighted by Gasteiger charge is -2.32. The van der Waals surface area contributed by atoms with E-state index in [0.29, 0.717) is 12.3 Å². The Hall–Kier alpha value is -1.84. The second-order valence-electron chi connectivity index (χ2n) is 6.39. The van der Waals surface area contributed by atoms with Crippen molar-refractivity contribution in [2.75, 3.05) is 19.6 Å². The average molecular weight is 316 g/mol. The van der Waals surface area contributed by atoms with Crippen LogP contribution >= 0.6 is 0 Å². The van der Waals surface area contributed by atoms with Gasteiger partial charge in [-0.05, 0) is 37.2 Å². The topological polar surface area (TPSA) is 49.4 Å². The van der Waals surface area contributed by atoms with E-state index in [0.717, 1.165) is 45.2 Å². The first kappa shape index (κ1) is 17.5. The van der Waals surface area contributed by atoms with Crippen LogP contribution in [0, 0.1) is 5.92 Å². The van der Waals surface area contributed by atoms with E-state index in [9.17, 15) is 9.59 Å². The summed E-state index contributed by atoms with van der Waals surface area (Å²) in [5, 5.41) is 2.74. The van der Waals surface area contributed by atoms with E-state index in [4.69, 9.17) is 0 Å². The highest BCUT2D eigenvalue weighted by atomic mass is 16.2. The minimum Gasteiger partial charge on any atom is -0.347 e. The molecule has 23 heavy (non-hydrogen) atoms. The third-order valence-electron chi connectivity index (χ3n) is 4.53. The maximum atomic E-state index is 12.2. The molecule has 1 N–H and O–H groups in total. The molecule has 1 fully saturated rings. The maximum Gasteiger partial charge on any atom is 0.241 e. The number of likely N-dealkylation sites (tertiary alicyclic amines) is 1. The number of hydrogen-bond acceptors (Lipinski definition) is 2. The van der Waals surface area contributed by atoms with Crippen LogP contribution in [-0.2, 0) is 16.0 Å². The van der Waals surface area contributed by atoms with Crippen molar-refractivity contribution in [1.82, 2.24) is 10.2 Å². The lowest BCUT2D eigenvalue weighted by Crippen LogP contribution is -2.44. The minimum atomic E-state index is -0.0147. The summed E-state index contributed by atoms with van der Waals surface area (Å²) in [6.45, 7) is 3.81. The first-order valence-corrected chi connectivity index (χ1v) is 8.77. The second-order valence-corrected chi connectivity index (χ2v) is 6.39. The van der Waals surface area contributed by atoms with Gasteiger partial charge in [0.15, 0.2) is 0 Å². The van der Waals surface area contributed by atoms with Crippen molar-refractivity contribution in [2.45, 2.75) is 45.4 Å². The van der Waals surface area contributed by atoms with Gasteiger partial charge in [0.25, 0.3) is 0 Å². The van der Waals surface area contributed by atoms with Crippen LogP contribution < -0.4 is 5.32 Å². The van der Waals surface area contributed by atoms with Gasteiger partial charge in [-0.25, -0.2) is 0 Å². The molecule has 4 heteroatoms. The molecule has 0 unspecified atom stereocenters. The fraction of sp³-hybridized carbons (Fsp3) is 0.579. The number of unbranched alkanes of at least 4 members (excludes halogenated alkanes) is 1. The molecule has 0 bridgehead atoms. The van der Waals surface area contributed by atoms with Crippen molar-refractivity contribution in [3.05, 3.63) is 35.9 Å². The highest BCUT2D eigenvalue weighted by Crippen LogP contribution is 2.21. The number of benzene rings is 1. The molecule has 0 aliphatic carbocycles. The Kier molecular flexibility index (Phi) is 7.11. The second kappa shape index (κ2) is 9.33. The highest BCUT2D eigenvalue weighted by molar-refractivity contribution is 5.84. The van der Waals surface area contributed by atoms with Gasteiger partial charge in [-0.3, -0.25) is 9.59 Å². The first-order chi connectivity index (χ1) is 11.2. The lowest BCUT2D eigenvalue weighted by atomic mass is 9.90. The largest absolute Gasteiger partial charge is 0.347 e. The molecule has 1 aliphatic heterocycles. The molecule has 1 aromatic carbocycles. The Bertz CT molecular complexity index is 493. The fourth-order valence-electron chi connectivity index (χ4n) is 3.05. The van der Waals surface area contributed by atoms with E-state index < -0.39 is 0 Å². The molecule has 1 heterocycles. The standard InChI is InChI=1S/C19H28N2O2/c1-2-3-9-18(22)20-15-19(23)21-12-10-17(11-13-21)14-16-7-5-4-6-8-16/h4-8,17H,2-3,9-15H2,1H3,(H,20,22). The molecular formula is C19H28N2O2. The van der Waals surface area contributed by atoms with E-state index in [1.807, 2.05) is 11.0 Å². The van der Waals surface area contributed by atoms with E-state index >= 15 is 0 Å². The van der Waals surface area contributed by atoms with Crippen molar-refractivity contribution in [2.24, 2.45) is 5.92 Å². The Labute approximate surface area is 139 Å². The van der Waals surface area contributed by atoms with Crippen molar-refractivity contribution in [3.8, 4) is 0 Å². The summed E-state index contributed by atoms with van der Waals surface area (Å²) >= 11 is 0. The van der Waals surface area contributed by atoms with Crippen LogP contribution in [0.25, 0.3) is 0 Å². The molecule has 2 amide bonds. The molecule has 1 aliphatic rings. The molecule has 1 saturated heterocycles. The summed E-state index contributed by atoms with van der Waals surface area (Å²) in [5.41, 5.74) is 1.38. The number of amides is 2. The quantitative estimate of drug-likeness (QED) is 0.841. The summed E-state index contributed by atoms with van der Waals surface area (Å²) < 4.78 is 0. The van der Waals surface area contributed by atoms with Gasteiger partial charge in [-0.1, -0.05) is 43.7 Å². The maximum absolute atomic E-state index is 12.2. The molecule has 0 aromatic heterocycles. The van der Waals surface area contributed by atoms with Crippen LogP contribution in [0.2, 0.25) is 0 Å². The summed E-state index contributed by atoms with van der Waals surface area (Å²) in [7, 11) is 0. The smallest absolute Gasteiger partial charge is 0.241 e. The summed E-state index contributed by atoms with van der Waals surface area (Å²) in [5.74, 6) is 0.688.